The quantitative estimate of drug-likeness (QED) is 0.803. The van der Waals surface area contributed by atoms with E-state index in [1.54, 1.807) is 7.11 Å². The third kappa shape index (κ3) is 4.00. The minimum Gasteiger partial charge on any atom is -0.496 e. The predicted molar refractivity (Wildman–Crippen MR) is 67.9 cm³/mol. The van der Waals surface area contributed by atoms with Gasteiger partial charge in [0.2, 0.25) is 0 Å². The van der Waals surface area contributed by atoms with Gasteiger partial charge < -0.3 is 15.8 Å². The van der Waals surface area contributed by atoms with E-state index < -0.39 is 0 Å². The summed E-state index contributed by atoms with van der Waals surface area (Å²) in [5.41, 5.74) is 6.61. The van der Waals surface area contributed by atoms with Gasteiger partial charge in [-0.1, -0.05) is 18.5 Å². The molecular formula is C12H19ClN2O. The Labute approximate surface area is 102 Å². The number of rotatable bonds is 6. The second kappa shape index (κ2) is 6.74. The Balaban J connectivity index is 2.55. The Morgan fingerprint density at radius 2 is 2.25 bits per heavy atom. The smallest absolute Gasteiger partial charge is 0.123 e. The van der Waals surface area contributed by atoms with Gasteiger partial charge in [-0.25, -0.2) is 0 Å². The van der Waals surface area contributed by atoms with Crippen molar-refractivity contribution in [1.29, 1.82) is 0 Å². The van der Waals surface area contributed by atoms with Crippen molar-refractivity contribution in [3.8, 4) is 5.75 Å². The van der Waals surface area contributed by atoms with Crippen LogP contribution in [0.3, 0.4) is 0 Å². The van der Waals surface area contributed by atoms with Crippen LogP contribution in [0.5, 0.6) is 5.75 Å². The monoisotopic (exact) mass is 242 g/mol. The maximum atomic E-state index is 5.94. The van der Waals surface area contributed by atoms with Gasteiger partial charge in [-0.05, 0) is 37.2 Å². The standard InChI is InChI=1S/C12H19ClN2O/c1-9(6-14)7-15-8-10-5-11(13)3-4-12(10)16-2/h3-5,9,15H,6-8,14H2,1-2H3. The van der Waals surface area contributed by atoms with E-state index in [4.69, 9.17) is 22.1 Å². The fourth-order valence-corrected chi connectivity index (χ4v) is 1.62. The molecule has 0 saturated carbocycles. The first-order valence-electron chi connectivity index (χ1n) is 5.40. The number of hydrogen-bond donors (Lipinski definition) is 2. The van der Waals surface area contributed by atoms with E-state index in [1.165, 1.54) is 0 Å². The molecule has 16 heavy (non-hydrogen) atoms. The lowest BCUT2D eigenvalue weighted by Crippen LogP contribution is -2.25. The molecular weight excluding hydrogens is 224 g/mol. The number of nitrogens with two attached hydrogens (primary N) is 1. The van der Waals surface area contributed by atoms with Crippen molar-refractivity contribution in [3.05, 3.63) is 28.8 Å². The fraction of sp³-hybridized carbons (Fsp3) is 0.500. The number of methoxy groups -OCH3 is 1. The maximum absolute atomic E-state index is 5.94. The SMILES string of the molecule is COc1ccc(Cl)cc1CNCC(C)CN. The molecule has 0 radical (unpaired) electrons. The van der Waals surface area contributed by atoms with Gasteiger partial charge in [0.15, 0.2) is 0 Å². The zero-order valence-corrected chi connectivity index (χ0v) is 10.6. The van der Waals surface area contributed by atoms with E-state index in [0.29, 0.717) is 12.5 Å². The van der Waals surface area contributed by atoms with Crippen molar-refractivity contribution >= 4 is 11.6 Å². The molecule has 1 rings (SSSR count). The summed E-state index contributed by atoms with van der Waals surface area (Å²) in [7, 11) is 1.66. The highest BCUT2D eigenvalue weighted by Gasteiger charge is 2.04. The largest absolute Gasteiger partial charge is 0.496 e. The molecule has 0 fully saturated rings. The lowest BCUT2D eigenvalue weighted by atomic mass is 10.1. The average Bonchev–Trinajstić information content (AvgIpc) is 2.29. The Morgan fingerprint density at radius 1 is 1.50 bits per heavy atom. The first kappa shape index (κ1) is 13.3. The van der Waals surface area contributed by atoms with E-state index in [1.807, 2.05) is 18.2 Å². The molecule has 1 aromatic rings. The van der Waals surface area contributed by atoms with E-state index >= 15 is 0 Å². The van der Waals surface area contributed by atoms with Crippen molar-refractivity contribution in [1.82, 2.24) is 5.32 Å². The summed E-state index contributed by atoms with van der Waals surface area (Å²) in [5, 5.41) is 4.06. The Hall–Kier alpha value is -0.770. The van der Waals surface area contributed by atoms with E-state index in [0.717, 1.165) is 29.4 Å². The third-order valence-electron chi connectivity index (χ3n) is 2.45. The molecule has 3 nitrogen and oxygen atoms in total. The molecule has 0 amide bonds. The molecule has 4 heteroatoms. The second-order valence-electron chi connectivity index (χ2n) is 3.93. The van der Waals surface area contributed by atoms with Gasteiger partial charge in [0.05, 0.1) is 7.11 Å². The molecule has 0 bridgehead atoms. The van der Waals surface area contributed by atoms with Gasteiger partial charge in [0.25, 0.3) is 0 Å². The van der Waals surface area contributed by atoms with Crippen LogP contribution in [0.1, 0.15) is 12.5 Å². The van der Waals surface area contributed by atoms with Crippen LogP contribution < -0.4 is 15.8 Å². The van der Waals surface area contributed by atoms with E-state index in [-0.39, 0.29) is 0 Å². The average molecular weight is 243 g/mol. The summed E-state index contributed by atoms with van der Waals surface area (Å²) in [6, 6.07) is 5.62. The number of hydrogen-bond acceptors (Lipinski definition) is 3. The molecule has 90 valence electrons. The zero-order valence-electron chi connectivity index (χ0n) is 9.79. The first-order valence-corrected chi connectivity index (χ1v) is 5.78. The number of halogens is 1. The number of ether oxygens (including phenoxy) is 1. The van der Waals surface area contributed by atoms with Crippen LogP contribution >= 0.6 is 11.6 Å². The molecule has 1 aromatic carbocycles. The Bertz CT molecular complexity index is 331. The van der Waals surface area contributed by atoms with Crippen LogP contribution in [0.2, 0.25) is 5.02 Å². The molecule has 0 aliphatic rings. The summed E-state index contributed by atoms with van der Waals surface area (Å²) in [5.74, 6) is 1.34. The summed E-state index contributed by atoms with van der Waals surface area (Å²) in [6.45, 7) is 4.45. The van der Waals surface area contributed by atoms with Gasteiger partial charge in [0.1, 0.15) is 5.75 Å². The molecule has 1 atom stereocenters. The summed E-state index contributed by atoms with van der Waals surface area (Å²) >= 11 is 5.94. The molecule has 0 saturated heterocycles. The van der Waals surface area contributed by atoms with Gasteiger partial charge in [0, 0.05) is 17.1 Å². The topological polar surface area (TPSA) is 47.3 Å². The lowest BCUT2D eigenvalue weighted by molar-refractivity contribution is 0.406. The summed E-state index contributed by atoms with van der Waals surface area (Å²) in [4.78, 5) is 0. The van der Waals surface area contributed by atoms with Crippen molar-refractivity contribution < 1.29 is 4.74 Å². The highest BCUT2D eigenvalue weighted by Crippen LogP contribution is 2.22. The Morgan fingerprint density at radius 3 is 2.88 bits per heavy atom. The molecule has 0 heterocycles. The zero-order chi connectivity index (χ0) is 12.0. The molecule has 0 spiro atoms. The first-order chi connectivity index (χ1) is 7.67. The second-order valence-corrected chi connectivity index (χ2v) is 4.36. The molecule has 3 N–H and O–H groups in total. The van der Waals surface area contributed by atoms with Crippen LogP contribution in [-0.2, 0) is 6.54 Å². The molecule has 0 aliphatic carbocycles. The van der Waals surface area contributed by atoms with Gasteiger partial charge in [-0.15, -0.1) is 0 Å². The highest BCUT2D eigenvalue weighted by molar-refractivity contribution is 6.30. The third-order valence-corrected chi connectivity index (χ3v) is 2.69. The summed E-state index contributed by atoms with van der Waals surface area (Å²) < 4.78 is 5.26. The van der Waals surface area contributed by atoms with Crippen LogP contribution in [0.4, 0.5) is 0 Å². The summed E-state index contributed by atoms with van der Waals surface area (Å²) in [6.07, 6.45) is 0. The van der Waals surface area contributed by atoms with Crippen molar-refractivity contribution in [2.24, 2.45) is 11.7 Å². The van der Waals surface area contributed by atoms with Crippen molar-refractivity contribution in [2.45, 2.75) is 13.5 Å². The molecule has 0 aromatic heterocycles. The van der Waals surface area contributed by atoms with E-state index in [2.05, 4.69) is 12.2 Å². The van der Waals surface area contributed by atoms with Gasteiger partial charge >= 0.3 is 0 Å². The normalized spacial score (nSPS) is 12.5. The van der Waals surface area contributed by atoms with Gasteiger partial charge in [-0.2, -0.15) is 0 Å². The Kier molecular flexibility index (Phi) is 5.60. The predicted octanol–water partition coefficient (Wildman–Crippen LogP) is 2.03. The van der Waals surface area contributed by atoms with Crippen molar-refractivity contribution in [2.75, 3.05) is 20.2 Å². The number of nitrogens with one attached hydrogen (secondary N) is 1. The molecule has 0 aliphatic heterocycles. The maximum Gasteiger partial charge on any atom is 0.123 e. The number of benzene rings is 1. The van der Waals surface area contributed by atoms with Crippen LogP contribution in [0.15, 0.2) is 18.2 Å². The molecule has 1 unspecified atom stereocenters. The van der Waals surface area contributed by atoms with E-state index in [9.17, 15) is 0 Å². The minimum absolute atomic E-state index is 0.477. The minimum atomic E-state index is 0.477. The van der Waals surface area contributed by atoms with Crippen LogP contribution in [0, 0.1) is 5.92 Å². The highest BCUT2D eigenvalue weighted by atomic mass is 35.5. The fourth-order valence-electron chi connectivity index (χ4n) is 1.42. The lowest BCUT2D eigenvalue weighted by Gasteiger charge is -2.12. The van der Waals surface area contributed by atoms with Crippen LogP contribution in [0.25, 0.3) is 0 Å². The van der Waals surface area contributed by atoms with Gasteiger partial charge in [-0.3, -0.25) is 0 Å². The van der Waals surface area contributed by atoms with Crippen LogP contribution in [-0.4, -0.2) is 20.2 Å². The van der Waals surface area contributed by atoms with Crippen molar-refractivity contribution in [3.63, 3.8) is 0 Å².